The quantitative estimate of drug-likeness (QED) is 0.787. The van der Waals surface area contributed by atoms with Gasteiger partial charge in [-0.15, -0.1) is 0 Å². The fourth-order valence-corrected chi connectivity index (χ4v) is 1.87. The van der Waals surface area contributed by atoms with Crippen LogP contribution in [0.1, 0.15) is 5.56 Å². The molecule has 1 aromatic carbocycles. The Morgan fingerprint density at radius 2 is 2.11 bits per heavy atom. The Bertz CT molecular complexity index is 476. The maximum Gasteiger partial charge on any atom is 0.471 e. The molecule has 0 N–H and O–H groups in total. The molecule has 1 atom stereocenters. The molecular formula is C12H12F3NO3. The largest absolute Gasteiger partial charge is 0.471 e. The Kier molecular flexibility index (Phi) is 3.77. The second-order valence-electron chi connectivity index (χ2n) is 4.02. The smallest absolute Gasteiger partial charge is 0.354 e. The Morgan fingerprint density at radius 3 is 2.74 bits per heavy atom. The van der Waals surface area contributed by atoms with Gasteiger partial charge < -0.3 is 9.47 Å². The zero-order chi connectivity index (χ0) is 14.0. The number of hydrogen-bond donors (Lipinski definition) is 0. The number of hydrogen-bond acceptors (Lipinski definition) is 3. The van der Waals surface area contributed by atoms with Crippen LogP contribution in [0.15, 0.2) is 24.3 Å². The van der Waals surface area contributed by atoms with Gasteiger partial charge in [0.05, 0.1) is 13.2 Å². The molecule has 104 valence electrons. The van der Waals surface area contributed by atoms with Gasteiger partial charge in [-0.1, -0.05) is 18.2 Å². The Hall–Kier alpha value is -1.60. The molecule has 7 heteroatoms. The molecule has 0 aliphatic carbocycles. The minimum Gasteiger partial charge on any atom is -0.354 e. The summed E-state index contributed by atoms with van der Waals surface area (Å²) in [5.41, 5.74) is 0.712. The van der Waals surface area contributed by atoms with Gasteiger partial charge in [0.15, 0.2) is 6.29 Å². The van der Waals surface area contributed by atoms with Crippen molar-refractivity contribution in [1.29, 1.82) is 0 Å². The maximum atomic E-state index is 12.6. The molecule has 0 aromatic heterocycles. The van der Waals surface area contributed by atoms with Gasteiger partial charge >= 0.3 is 12.1 Å². The number of halogens is 3. The van der Waals surface area contributed by atoms with E-state index >= 15 is 0 Å². The number of rotatable bonds is 1. The van der Waals surface area contributed by atoms with E-state index in [1.807, 2.05) is 0 Å². The number of ether oxygens (including phenoxy) is 2. The van der Waals surface area contributed by atoms with Crippen LogP contribution in [0.3, 0.4) is 0 Å². The first-order valence-electron chi connectivity index (χ1n) is 5.54. The Balaban J connectivity index is 2.40. The first-order chi connectivity index (χ1) is 8.93. The number of nitrogens with zero attached hydrogens (tertiary/aromatic N) is 1. The van der Waals surface area contributed by atoms with Crippen molar-refractivity contribution >= 4 is 11.6 Å². The minimum atomic E-state index is -4.93. The highest BCUT2D eigenvalue weighted by atomic mass is 19.4. The van der Waals surface area contributed by atoms with E-state index in [1.54, 1.807) is 18.2 Å². The summed E-state index contributed by atoms with van der Waals surface area (Å²) >= 11 is 0. The summed E-state index contributed by atoms with van der Waals surface area (Å²) in [7, 11) is 1.32. The monoisotopic (exact) mass is 275 g/mol. The van der Waals surface area contributed by atoms with Gasteiger partial charge in [-0.05, 0) is 6.07 Å². The number of amides is 1. The molecule has 0 radical (unpaired) electrons. The van der Waals surface area contributed by atoms with E-state index in [1.165, 1.54) is 13.2 Å². The van der Waals surface area contributed by atoms with Crippen LogP contribution in [0, 0.1) is 0 Å². The van der Waals surface area contributed by atoms with Crippen LogP contribution in [0.5, 0.6) is 0 Å². The number of anilines is 1. The first-order valence-corrected chi connectivity index (χ1v) is 5.54. The zero-order valence-corrected chi connectivity index (χ0v) is 10.1. The summed E-state index contributed by atoms with van der Waals surface area (Å²) < 4.78 is 48.1. The van der Waals surface area contributed by atoms with Crippen LogP contribution in [-0.4, -0.2) is 32.0 Å². The van der Waals surface area contributed by atoms with Crippen LogP contribution in [-0.2, 0) is 20.9 Å². The standard InChI is InChI=1S/C12H12F3NO3/c1-18-10-6-16(11(17)12(13,14)15)9-5-3-2-4-8(9)7-19-10/h2-5,10H,6-7H2,1H3. The number of methoxy groups -OCH3 is 1. The predicted octanol–water partition coefficient (Wildman–Crippen LogP) is 2.08. The number of benzene rings is 1. The van der Waals surface area contributed by atoms with Crippen molar-refractivity contribution in [2.24, 2.45) is 0 Å². The fourth-order valence-electron chi connectivity index (χ4n) is 1.87. The van der Waals surface area contributed by atoms with E-state index in [0.717, 1.165) is 0 Å². The van der Waals surface area contributed by atoms with Crippen LogP contribution in [0.25, 0.3) is 0 Å². The summed E-state index contributed by atoms with van der Waals surface area (Å²) in [6, 6.07) is 6.32. The number of carbonyl (C=O) groups excluding carboxylic acids is 1. The molecule has 1 amide bonds. The van der Waals surface area contributed by atoms with Gasteiger partial charge in [-0.25, -0.2) is 0 Å². The van der Waals surface area contributed by atoms with Crippen molar-refractivity contribution in [3.8, 4) is 0 Å². The second-order valence-corrected chi connectivity index (χ2v) is 4.02. The Labute approximate surface area is 107 Å². The van der Waals surface area contributed by atoms with Crippen molar-refractivity contribution in [2.75, 3.05) is 18.6 Å². The lowest BCUT2D eigenvalue weighted by atomic mass is 10.1. The molecule has 4 nitrogen and oxygen atoms in total. The molecule has 0 bridgehead atoms. The van der Waals surface area contributed by atoms with Gasteiger partial charge in [-0.2, -0.15) is 13.2 Å². The summed E-state index contributed by atoms with van der Waals surface area (Å²) in [6.07, 6.45) is -5.82. The number of carbonyl (C=O) groups is 1. The summed E-state index contributed by atoms with van der Waals surface area (Å²) in [5.74, 6) is -1.92. The first kappa shape index (κ1) is 13.8. The molecule has 1 aromatic rings. The van der Waals surface area contributed by atoms with Gasteiger partial charge in [0.2, 0.25) is 0 Å². The number of fused-ring (bicyclic) bond motifs is 1. The van der Waals surface area contributed by atoms with Crippen molar-refractivity contribution in [3.05, 3.63) is 29.8 Å². The van der Waals surface area contributed by atoms with Crippen molar-refractivity contribution in [1.82, 2.24) is 0 Å². The molecule has 1 unspecified atom stereocenters. The fraction of sp³-hybridized carbons (Fsp3) is 0.417. The zero-order valence-electron chi connectivity index (χ0n) is 10.1. The maximum absolute atomic E-state index is 12.6. The van der Waals surface area contributed by atoms with Crippen LogP contribution in [0.4, 0.5) is 18.9 Å². The number of para-hydroxylation sites is 1. The SMILES string of the molecule is COC1CN(C(=O)C(F)(F)F)c2ccccc2CO1. The van der Waals surface area contributed by atoms with Gasteiger partial charge in [-0.3, -0.25) is 9.69 Å². The topological polar surface area (TPSA) is 38.8 Å². The predicted molar refractivity (Wildman–Crippen MR) is 60.4 cm³/mol. The van der Waals surface area contributed by atoms with Crippen molar-refractivity contribution in [2.45, 2.75) is 19.1 Å². The van der Waals surface area contributed by atoms with Gasteiger partial charge in [0.1, 0.15) is 0 Å². The minimum absolute atomic E-state index is 0.0936. The number of alkyl halides is 3. The summed E-state index contributed by atoms with van der Waals surface area (Å²) in [6.45, 7) is -0.206. The molecule has 1 aliphatic heterocycles. The van der Waals surface area contributed by atoms with E-state index < -0.39 is 18.4 Å². The van der Waals surface area contributed by atoms with E-state index in [2.05, 4.69) is 0 Å². The van der Waals surface area contributed by atoms with E-state index in [9.17, 15) is 18.0 Å². The summed E-state index contributed by atoms with van der Waals surface area (Å²) in [4.78, 5) is 12.1. The summed E-state index contributed by atoms with van der Waals surface area (Å²) in [5, 5.41) is 0. The van der Waals surface area contributed by atoms with E-state index in [4.69, 9.17) is 9.47 Å². The normalized spacial score (nSPS) is 19.8. The van der Waals surface area contributed by atoms with Gasteiger partial charge in [0.25, 0.3) is 0 Å². The molecule has 0 saturated heterocycles. The molecule has 19 heavy (non-hydrogen) atoms. The molecule has 1 aliphatic rings. The van der Waals surface area contributed by atoms with E-state index in [0.29, 0.717) is 10.5 Å². The van der Waals surface area contributed by atoms with Crippen LogP contribution >= 0.6 is 0 Å². The highest BCUT2D eigenvalue weighted by molar-refractivity contribution is 5.98. The van der Waals surface area contributed by atoms with Crippen molar-refractivity contribution < 1.29 is 27.4 Å². The average Bonchev–Trinajstić information content (AvgIpc) is 2.56. The second kappa shape index (κ2) is 5.18. The molecule has 2 rings (SSSR count). The van der Waals surface area contributed by atoms with Gasteiger partial charge in [0, 0.05) is 18.4 Å². The molecule has 0 spiro atoms. The lowest BCUT2D eigenvalue weighted by molar-refractivity contribution is -0.172. The molecule has 1 heterocycles. The third kappa shape index (κ3) is 2.87. The third-order valence-corrected chi connectivity index (χ3v) is 2.79. The molecule has 0 fully saturated rings. The Morgan fingerprint density at radius 1 is 1.42 bits per heavy atom. The lowest BCUT2D eigenvalue weighted by Crippen LogP contribution is -2.45. The van der Waals surface area contributed by atoms with E-state index in [-0.39, 0.29) is 18.8 Å². The van der Waals surface area contributed by atoms with Crippen LogP contribution < -0.4 is 4.90 Å². The average molecular weight is 275 g/mol. The van der Waals surface area contributed by atoms with Crippen molar-refractivity contribution in [3.63, 3.8) is 0 Å². The highest BCUT2D eigenvalue weighted by Gasteiger charge is 2.44. The highest BCUT2D eigenvalue weighted by Crippen LogP contribution is 2.29. The third-order valence-electron chi connectivity index (χ3n) is 2.79. The molecule has 0 saturated carbocycles. The molecular weight excluding hydrogens is 263 g/mol. The lowest BCUT2D eigenvalue weighted by Gasteiger charge is -2.25. The van der Waals surface area contributed by atoms with Crippen LogP contribution in [0.2, 0.25) is 0 Å².